The molecule has 0 saturated carbocycles. The zero-order valence-electron chi connectivity index (χ0n) is 8.89. The van der Waals surface area contributed by atoms with Crippen LogP contribution in [0.4, 0.5) is 0 Å². The molecule has 2 N–H and O–H groups in total. The van der Waals surface area contributed by atoms with E-state index < -0.39 is 6.10 Å². The molecule has 0 spiro atoms. The largest absolute Gasteiger partial charge is 0.389 e. The maximum Gasteiger partial charge on any atom is 0.0897 e. The van der Waals surface area contributed by atoms with E-state index in [1.807, 2.05) is 19.1 Å². The molecule has 0 bridgehead atoms. The van der Waals surface area contributed by atoms with E-state index in [4.69, 9.17) is 4.74 Å². The fourth-order valence-corrected chi connectivity index (χ4v) is 1.11. The molecule has 1 heterocycles. The molecule has 5 nitrogen and oxygen atoms in total. The summed E-state index contributed by atoms with van der Waals surface area (Å²) in [4.78, 5) is 0. The van der Waals surface area contributed by atoms with Gasteiger partial charge < -0.3 is 15.2 Å². The molecule has 0 radical (unpaired) electrons. The number of nitrogens with one attached hydrogen (secondary N) is 1. The summed E-state index contributed by atoms with van der Waals surface area (Å²) in [6.07, 6.45) is 1.16. The number of aliphatic hydroxyl groups is 1. The van der Waals surface area contributed by atoms with Crippen LogP contribution in [0.5, 0.6) is 0 Å². The summed E-state index contributed by atoms with van der Waals surface area (Å²) < 4.78 is 5.08. The van der Waals surface area contributed by atoms with Crippen molar-refractivity contribution in [3.8, 4) is 0 Å². The average Bonchev–Trinajstić information content (AvgIpc) is 2.28. The molecule has 15 heavy (non-hydrogen) atoms. The van der Waals surface area contributed by atoms with E-state index in [0.717, 1.165) is 5.69 Å². The molecule has 0 aromatic carbocycles. The number of hydrogen-bond acceptors (Lipinski definition) is 5. The van der Waals surface area contributed by atoms with Crippen LogP contribution in [0.25, 0.3) is 0 Å². The Morgan fingerprint density at radius 3 is 3.13 bits per heavy atom. The number of aliphatic hydroxyl groups excluding tert-OH is 1. The first-order chi connectivity index (χ1) is 7.33. The molecule has 0 amide bonds. The first-order valence-corrected chi connectivity index (χ1v) is 5.06. The van der Waals surface area contributed by atoms with E-state index in [0.29, 0.717) is 26.3 Å². The Bertz CT molecular complexity index is 256. The van der Waals surface area contributed by atoms with Crippen molar-refractivity contribution in [3.63, 3.8) is 0 Å². The van der Waals surface area contributed by atoms with Gasteiger partial charge in [-0.05, 0) is 19.1 Å². The van der Waals surface area contributed by atoms with Crippen LogP contribution in [0.2, 0.25) is 0 Å². The lowest BCUT2D eigenvalue weighted by atomic mass is 10.3. The van der Waals surface area contributed by atoms with Gasteiger partial charge in [0, 0.05) is 25.9 Å². The molecule has 84 valence electrons. The van der Waals surface area contributed by atoms with Gasteiger partial charge in [0.15, 0.2) is 0 Å². The number of aromatic nitrogens is 2. The van der Waals surface area contributed by atoms with Gasteiger partial charge in [-0.25, -0.2) is 0 Å². The normalized spacial score (nSPS) is 12.7. The molecule has 0 aliphatic rings. The summed E-state index contributed by atoms with van der Waals surface area (Å²) in [7, 11) is 0. The highest BCUT2D eigenvalue weighted by atomic mass is 16.5. The molecule has 1 aromatic heterocycles. The second-order valence-corrected chi connectivity index (χ2v) is 3.16. The monoisotopic (exact) mass is 211 g/mol. The van der Waals surface area contributed by atoms with E-state index >= 15 is 0 Å². The van der Waals surface area contributed by atoms with Crippen molar-refractivity contribution in [1.29, 1.82) is 0 Å². The van der Waals surface area contributed by atoms with Crippen molar-refractivity contribution < 1.29 is 9.84 Å². The van der Waals surface area contributed by atoms with Crippen LogP contribution in [0.15, 0.2) is 18.3 Å². The van der Waals surface area contributed by atoms with Gasteiger partial charge in [0.2, 0.25) is 0 Å². The zero-order chi connectivity index (χ0) is 10.9. The number of nitrogens with zero attached hydrogens (tertiary/aromatic N) is 2. The molecule has 0 aliphatic carbocycles. The summed E-state index contributed by atoms with van der Waals surface area (Å²) in [6.45, 7) is 4.00. The van der Waals surface area contributed by atoms with E-state index in [1.165, 1.54) is 0 Å². The van der Waals surface area contributed by atoms with Gasteiger partial charge in [0.25, 0.3) is 0 Å². The van der Waals surface area contributed by atoms with E-state index in [2.05, 4.69) is 15.5 Å². The van der Waals surface area contributed by atoms with Crippen molar-refractivity contribution in [1.82, 2.24) is 15.5 Å². The van der Waals surface area contributed by atoms with Gasteiger partial charge in [-0.3, -0.25) is 0 Å². The molecule has 1 rings (SSSR count). The van der Waals surface area contributed by atoms with Crippen molar-refractivity contribution in [2.24, 2.45) is 0 Å². The van der Waals surface area contributed by atoms with Crippen molar-refractivity contribution >= 4 is 0 Å². The van der Waals surface area contributed by atoms with Crippen LogP contribution in [0, 0.1) is 0 Å². The Hall–Kier alpha value is -1.04. The molecular weight excluding hydrogens is 194 g/mol. The summed E-state index contributed by atoms with van der Waals surface area (Å²) in [5.74, 6) is 0. The fourth-order valence-electron chi connectivity index (χ4n) is 1.11. The Kier molecular flexibility index (Phi) is 5.84. The van der Waals surface area contributed by atoms with Gasteiger partial charge in [0.1, 0.15) is 0 Å². The van der Waals surface area contributed by atoms with Crippen molar-refractivity contribution in [2.75, 3.05) is 19.8 Å². The van der Waals surface area contributed by atoms with Crippen molar-refractivity contribution in [3.05, 3.63) is 24.0 Å². The minimum absolute atomic E-state index is 0.365. The molecular formula is C10H17N3O2. The third kappa shape index (κ3) is 5.41. The van der Waals surface area contributed by atoms with Crippen LogP contribution in [0.1, 0.15) is 12.6 Å². The van der Waals surface area contributed by atoms with Crippen LogP contribution in [-0.4, -0.2) is 41.2 Å². The van der Waals surface area contributed by atoms with E-state index in [-0.39, 0.29) is 0 Å². The second kappa shape index (κ2) is 7.28. The molecule has 1 unspecified atom stereocenters. The smallest absolute Gasteiger partial charge is 0.0897 e. The molecule has 1 atom stereocenters. The highest BCUT2D eigenvalue weighted by Gasteiger charge is 2.02. The Labute approximate surface area is 89.5 Å². The number of ether oxygens (including phenoxy) is 1. The van der Waals surface area contributed by atoms with Crippen LogP contribution in [0.3, 0.4) is 0 Å². The first kappa shape index (κ1) is 12.0. The minimum Gasteiger partial charge on any atom is -0.389 e. The molecule has 1 aromatic rings. The van der Waals surface area contributed by atoms with E-state index in [9.17, 15) is 5.11 Å². The Morgan fingerprint density at radius 2 is 2.47 bits per heavy atom. The predicted molar refractivity (Wildman–Crippen MR) is 56.2 cm³/mol. The second-order valence-electron chi connectivity index (χ2n) is 3.16. The van der Waals surface area contributed by atoms with Gasteiger partial charge in [-0.1, -0.05) is 0 Å². The Morgan fingerprint density at radius 1 is 1.60 bits per heavy atom. The number of rotatable bonds is 7. The SMILES string of the molecule is CCOCC(O)CNCc1cccnn1. The minimum atomic E-state index is -0.471. The third-order valence-corrected chi connectivity index (χ3v) is 1.83. The molecule has 0 aliphatic heterocycles. The lowest BCUT2D eigenvalue weighted by Crippen LogP contribution is -2.30. The predicted octanol–water partition coefficient (Wildman–Crippen LogP) is -0.0364. The van der Waals surface area contributed by atoms with Crippen LogP contribution >= 0.6 is 0 Å². The fraction of sp³-hybridized carbons (Fsp3) is 0.600. The highest BCUT2D eigenvalue weighted by Crippen LogP contribution is 1.90. The summed E-state index contributed by atoms with van der Waals surface area (Å²) >= 11 is 0. The highest BCUT2D eigenvalue weighted by molar-refractivity contribution is 4.98. The third-order valence-electron chi connectivity index (χ3n) is 1.83. The quantitative estimate of drug-likeness (QED) is 0.662. The molecule has 0 saturated heterocycles. The van der Waals surface area contributed by atoms with Crippen molar-refractivity contribution in [2.45, 2.75) is 19.6 Å². The summed E-state index contributed by atoms with van der Waals surface area (Å²) in [6, 6.07) is 3.72. The van der Waals surface area contributed by atoms with Crippen LogP contribution < -0.4 is 5.32 Å². The van der Waals surface area contributed by atoms with Gasteiger partial charge in [-0.15, -0.1) is 0 Å². The van der Waals surface area contributed by atoms with Gasteiger partial charge in [-0.2, -0.15) is 10.2 Å². The molecule has 5 heteroatoms. The molecule has 0 fully saturated rings. The lowest BCUT2D eigenvalue weighted by Gasteiger charge is -2.10. The van der Waals surface area contributed by atoms with Gasteiger partial charge in [0.05, 0.1) is 18.4 Å². The average molecular weight is 211 g/mol. The lowest BCUT2D eigenvalue weighted by molar-refractivity contribution is 0.0427. The summed E-state index contributed by atoms with van der Waals surface area (Å²) in [5, 5.41) is 20.2. The maximum atomic E-state index is 9.43. The standard InChI is InChI=1S/C10H17N3O2/c1-2-15-8-10(14)7-11-6-9-4-3-5-12-13-9/h3-5,10-11,14H,2,6-8H2,1H3. The zero-order valence-corrected chi connectivity index (χ0v) is 8.89. The summed E-state index contributed by atoms with van der Waals surface area (Å²) in [5.41, 5.74) is 0.862. The topological polar surface area (TPSA) is 67.3 Å². The van der Waals surface area contributed by atoms with Gasteiger partial charge >= 0.3 is 0 Å². The number of hydrogen-bond donors (Lipinski definition) is 2. The maximum absolute atomic E-state index is 9.43. The first-order valence-electron chi connectivity index (χ1n) is 5.06. The Balaban J connectivity index is 2.11. The van der Waals surface area contributed by atoms with Crippen LogP contribution in [-0.2, 0) is 11.3 Å². The van der Waals surface area contributed by atoms with E-state index in [1.54, 1.807) is 6.20 Å².